The van der Waals surface area contributed by atoms with Crippen LogP contribution in [0.25, 0.3) is 0 Å². The number of amides is 1. The third kappa shape index (κ3) is 5.39. The van der Waals surface area contributed by atoms with E-state index in [0.29, 0.717) is 24.5 Å². The fraction of sp³-hybridized carbons (Fsp3) is 0.474. The minimum Gasteiger partial charge on any atom is -0.447 e. The number of oxazole rings is 1. The Balaban J connectivity index is 2.05. The van der Waals surface area contributed by atoms with Crippen molar-refractivity contribution >= 4 is 5.91 Å². The molecule has 2 aromatic rings. The average Bonchev–Trinajstić information content (AvgIpc) is 3.04. The largest absolute Gasteiger partial charge is 0.447 e. The Hall–Kier alpha value is -2.21. The minimum atomic E-state index is -0.241. The number of aromatic nitrogens is 1. The van der Waals surface area contributed by atoms with Crippen LogP contribution >= 0.6 is 0 Å². The molecule has 136 valence electrons. The maximum absolute atomic E-state index is 13.9. The zero-order valence-electron chi connectivity index (χ0n) is 15.3. The molecular weight excluding hydrogens is 321 g/mol. The van der Waals surface area contributed by atoms with Gasteiger partial charge >= 0.3 is 0 Å². The Morgan fingerprint density at radius 3 is 2.64 bits per heavy atom. The molecule has 0 radical (unpaired) electrons. The van der Waals surface area contributed by atoms with Gasteiger partial charge < -0.3 is 9.73 Å². The lowest BCUT2D eigenvalue weighted by Gasteiger charge is -2.25. The van der Waals surface area contributed by atoms with Crippen molar-refractivity contribution in [2.24, 2.45) is 0 Å². The number of hydrogen-bond donors (Lipinski definition) is 1. The molecule has 25 heavy (non-hydrogen) atoms. The Morgan fingerprint density at radius 2 is 2.00 bits per heavy atom. The summed E-state index contributed by atoms with van der Waals surface area (Å²) < 4.78 is 19.3. The quantitative estimate of drug-likeness (QED) is 0.790. The third-order valence-corrected chi connectivity index (χ3v) is 4.17. The van der Waals surface area contributed by atoms with Crippen LogP contribution in [0.4, 0.5) is 4.39 Å². The van der Waals surface area contributed by atoms with Crippen molar-refractivity contribution in [3.05, 3.63) is 53.5 Å². The maximum Gasteiger partial charge on any atom is 0.273 e. The number of nitrogens with zero attached hydrogens (tertiary/aromatic N) is 2. The molecule has 0 aliphatic carbocycles. The van der Waals surface area contributed by atoms with Crippen LogP contribution in [0.2, 0.25) is 0 Å². The third-order valence-electron chi connectivity index (χ3n) is 4.17. The van der Waals surface area contributed by atoms with E-state index in [0.717, 1.165) is 6.42 Å². The monoisotopic (exact) mass is 347 g/mol. The first-order valence-corrected chi connectivity index (χ1v) is 8.63. The topological polar surface area (TPSA) is 58.4 Å². The van der Waals surface area contributed by atoms with Crippen LogP contribution < -0.4 is 5.32 Å². The predicted molar refractivity (Wildman–Crippen MR) is 94.5 cm³/mol. The molecule has 1 aromatic heterocycles. The van der Waals surface area contributed by atoms with Gasteiger partial charge in [-0.15, -0.1) is 0 Å². The number of halogens is 1. The molecule has 6 heteroatoms. The van der Waals surface area contributed by atoms with Crippen molar-refractivity contribution in [1.29, 1.82) is 0 Å². The van der Waals surface area contributed by atoms with E-state index in [1.807, 2.05) is 38.7 Å². The molecule has 1 atom stereocenters. The highest BCUT2D eigenvalue weighted by atomic mass is 19.1. The fourth-order valence-electron chi connectivity index (χ4n) is 2.33. The molecule has 1 heterocycles. The van der Waals surface area contributed by atoms with Gasteiger partial charge in [-0.3, -0.25) is 9.69 Å². The van der Waals surface area contributed by atoms with E-state index in [-0.39, 0.29) is 29.5 Å². The molecule has 0 saturated carbocycles. The van der Waals surface area contributed by atoms with Crippen molar-refractivity contribution < 1.29 is 13.6 Å². The van der Waals surface area contributed by atoms with Gasteiger partial charge in [-0.2, -0.15) is 0 Å². The summed E-state index contributed by atoms with van der Waals surface area (Å²) in [5, 5.41) is 2.86. The molecule has 0 bridgehead atoms. The fourth-order valence-corrected chi connectivity index (χ4v) is 2.33. The second-order valence-corrected chi connectivity index (χ2v) is 6.50. The lowest BCUT2D eigenvalue weighted by atomic mass is 10.1. The average molecular weight is 347 g/mol. The number of nitrogens with one attached hydrogen (secondary N) is 1. The van der Waals surface area contributed by atoms with E-state index in [9.17, 15) is 9.18 Å². The van der Waals surface area contributed by atoms with E-state index in [1.165, 1.54) is 12.3 Å². The highest BCUT2D eigenvalue weighted by molar-refractivity contribution is 5.92. The Morgan fingerprint density at radius 1 is 1.28 bits per heavy atom. The highest BCUT2D eigenvalue weighted by Gasteiger charge is 2.18. The first kappa shape index (κ1) is 19.1. The van der Waals surface area contributed by atoms with E-state index >= 15 is 0 Å². The molecule has 0 fully saturated rings. The van der Waals surface area contributed by atoms with E-state index in [4.69, 9.17) is 4.42 Å². The van der Waals surface area contributed by atoms with Crippen LogP contribution in [-0.2, 0) is 13.1 Å². The standard InChI is InChI=1S/C19H26FN3O2/c1-5-14(4)21-19(24)17-12-25-18(22-17)11-23(13(2)3)10-15-8-6-7-9-16(15)20/h6-9,12-14H,5,10-11H2,1-4H3,(H,21,24). The van der Waals surface area contributed by atoms with Gasteiger partial charge in [-0.1, -0.05) is 25.1 Å². The Labute approximate surface area is 148 Å². The zero-order chi connectivity index (χ0) is 18.4. The highest BCUT2D eigenvalue weighted by Crippen LogP contribution is 2.15. The van der Waals surface area contributed by atoms with Gasteiger partial charge in [-0.05, 0) is 33.3 Å². The lowest BCUT2D eigenvalue weighted by molar-refractivity contribution is 0.0934. The van der Waals surface area contributed by atoms with Gasteiger partial charge in [0.25, 0.3) is 5.91 Å². The van der Waals surface area contributed by atoms with Crippen molar-refractivity contribution in [3.8, 4) is 0 Å². The van der Waals surface area contributed by atoms with Gasteiger partial charge in [0.15, 0.2) is 5.69 Å². The van der Waals surface area contributed by atoms with Crippen molar-refractivity contribution in [1.82, 2.24) is 15.2 Å². The van der Waals surface area contributed by atoms with E-state index in [1.54, 1.807) is 12.1 Å². The number of carbonyl (C=O) groups excluding carboxylic acids is 1. The number of rotatable bonds is 8. The molecule has 1 N–H and O–H groups in total. The summed E-state index contributed by atoms with van der Waals surface area (Å²) in [5.41, 5.74) is 0.891. The van der Waals surface area contributed by atoms with Crippen LogP contribution in [0.15, 0.2) is 34.9 Å². The Kier molecular flexibility index (Phi) is 6.70. The first-order valence-electron chi connectivity index (χ1n) is 8.63. The van der Waals surface area contributed by atoms with Gasteiger partial charge in [0.2, 0.25) is 5.89 Å². The summed E-state index contributed by atoms with van der Waals surface area (Å²) in [6.07, 6.45) is 2.22. The molecule has 0 aliphatic heterocycles. The smallest absolute Gasteiger partial charge is 0.273 e. The lowest BCUT2D eigenvalue weighted by Crippen LogP contribution is -2.32. The van der Waals surface area contributed by atoms with Crippen LogP contribution in [-0.4, -0.2) is 27.9 Å². The van der Waals surface area contributed by atoms with E-state index < -0.39 is 0 Å². The summed E-state index contributed by atoms with van der Waals surface area (Å²) in [6.45, 7) is 8.85. The van der Waals surface area contributed by atoms with Crippen LogP contribution in [0.5, 0.6) is 0 Å². The van der Waals surface area contributed by atoms with Crippen LogP contribution in [0.3, 0.4) is 0 Å². The summed E-state index contributed by atoms with van der Waals surface area (Å²) >= 11 is 0. The van der Waals surface area contributed by atoms with Gasteiger partial charge in [0.1, 0.15) is 12.1 Å². The molecule has 0 saturated heterocycles. The SMILES string of the molecule is CCC(C)NC(=O)c1coc(CN(Cc2ccccc2F)C(C)C)n1. The van der Waals surface area contributed by atoms with Gasteiger partial charge in [-0.25, -0.2) is 9.37 Å². The van der Waals surface area contributed by atoms with E-state index in [2.05, 4.69) is 10.3 Å². The molecule has 1 amide bonds. The summed E-state index contributed by atoms with van der Waals surface area (Å²) in [7, 11) is 0. The molecule has 0 aliphatic rings. The molecule has 1 aromatic carbocycles. The summed E-state index contributed by atoms with van der Waals surface area (Å²) in [6, 6.07) is 6.97. The minimum absolute atomic E-state index is 0.0841. The zero-order valence-corrected chi connectivity index (χ0v) is 15.3. The van der Waals surface area contributed by atoms with Crippen molar-refractivity contribution in [3.63, 3.8) is 0 Å². The van der Waals surface area contributed by atoms with Crippen LogP contribution in [0.1, 0.15) is 56.1 Å². The summed E-state index contributed by atoms with van der Waals surface area (Å²) in [4.78, 5) is 18.4. The first-order chi connectivity index (χ1) is 11.9. The summed E-state index contributed by atoms with van der Waals surface area (Å²) in [5.74, 6) is -0.0249. The van der Waals surface area contributed by atoms with Crippen LogP contribution in [0, 0.1) is 5.82 Å². The number of carbonyl (C=O) groups is 1. The number of benzene rings is 1. The van der Waals surface area contributed by atoms with Crippen molar-refractivity contribution in [2.75, 3.05) is 0 Å². The van der Waals surface area contributed by atoms with Crippen molar-refractivity contribution in [2.45, 2.75) is 59.3 Å². The second kappa shape index (κ2) is 8.76. The molecular formula is C19H26FN3O2. The second-order valence-electron chi connectivity index (χ2n) is 6.50. The maximum atomic E-state index is 13.9. The van der Waals surface area contributed by atoms with Gasteiger partial charge in [0, 0.05) is 24.2 Å². The number of hydrogen-bond acceptors (Lipinski definition) is 4. The molecule has 5 nitrogen and oxygen atoms in total. The predicted octanol–water partition coefficient (Wildman–Crippen LogP) is 3.75. The van der Waals surface area contributed by atoms with Gasteiger partial charge in [0.05, 0.1) is 6.54 Å². The molecule has 1 unspecified atom stereocenters. The molecule has 0 spiro atoms. The Bertz CT molecular complexity index is 699. The molecule has 2 rings (SSSR count). The normalized spacial score (nSPS) is 12.6.